The van der Waals surface area contributed by atoms with E-state index in [2.05, 4.69) is 5.32 Å². The molecule has 7 heteroatoms. The van der Waals surface area contributed by atoms with Gasteiger partial charge in [0.05, 0.1) is 0 Å². The highest BCUT2D eigenvalue weighted by Crippen LogP contribution is 2.29. The van der Waals surface area contributed by atoms with Gasteiger partial charge in [-0.1, -0.05) is 0 Å². The maximum atomic E-state index is 11.7. The third-order valence-corrected chi connectivity index (χ3v) is 3.25. The average Bonchev–Trinajstić information content (AvgIpc) is 2.07. The fourth-order valence-electron chi connectivity index (χ4n) is 0.917. The number of alkyl halides is 3. The molecule has 15 heavy (non-hydrogen) atoms. The van der Waals surface area contributed by atoms with Gasteiger partial charge >= 0.3 is 5.51 Å². The van der Waals surface area contributed by atoms with Crippen LogP contribution in [0.4, 0.5) is 13.2 Å². The van der Waals surface area contributed by atoms with Gasteiger partial charge in [0.1, 0.15) is 0 Å². The molecule has 2 unspecified atom stereocenters. The fraction of sp³-hybridized carbons (Fsp3) is 1.00. The Labute approximate surface area is 94.8 Å². The Morgan fingerprint density at radius 2 is 2.07 bits per heavy atom. The van der Waals surface area contributed by atoms with Crippen LogP contribution >= 0.6 is 11.8 Å². The second kappa shape index (κ2) is 7.51. The highest BCUT2D eigenvalue weighted by Gasteiger charge is 2.27. The highest BCUT2D eigenvalue weighted by atomic mass is 32.2. The third-order valence-electron chi connectivity index (χ3n) is 1.70. The van der Waals surface area contributed by atoms with Gasteiger partial charge in [-0.15, -0.1) is 0 Å². The molecule has 92 valence electrons. The first-order valence-electron chi connectivity index (χ1n) is 4.55. The summed E-state index contributed by atoms with van der Waals surface area (Å²) in [4.78, 5) is 0. The van der Waals surface area contributed by atoms with Crippen molar-refractivity contribution in [3.8, 4) is 0 Å². The van der Waals surface area contributed by atoms with E-state index in [4.69, 9.17) is 0 Å². The lowest BCUT2D eigenvalue weighted by Gasteiger charge is -2.13. The Morgan fingerprint density at radius 1 is 1.47 bits per heavy atom. The lowest BCUT2D eigenvalue weighted by atomic mass is 10.3. The lowest BCUT2D eigenvalue weighted by molar-refractivity contribution is -0.0327. The zero-order chi connectivity index (χ0) is 11.9. The predicted molar refractivity (Wildman–Crippen MR) is 59.5 cm³/mol. The lowest BCUT2D eigenvalue weighted by Crippen LogP contribution is -2.30. The molecular weight excluding hydrogens is 247 g/mol. The van der Waals surface area contributed by atoms with Crippen molar-refractivity contribution >= 4 is 22.6 Å². The van der Waals surface area contributed by atoms with Crippen LogP contribution in [0.3, 0.4) is 0 Å². The molecule has 0 aliphatic rings. The molecule has 0 aromatic heterocycles. The standard InChI is InChI=1S/C8H16F3NOS2/c1-7(3-6-15(2)13)12-4-5-14-8(9,10)11/h7,12H,3-6H2,1-2H3. The minimum atomic E-state index is -4.14. The maximum absolute atomic E-state index is 11.7. The monoisotopic (exact) mass is 263 g/mol. The van der Waals surface area contributed by atoms with Crippen LogP contribution in [0.5, 0.6) is 0 Å². The number of hydrogen-bond donors (Lipinski definition) is 1. The molecule has 0 spiro atoms. The Bertz CT molecular complexity index is 199. The van der Waals surface area contributed by atoms with Crippen molar-refractivity contribution in [3.63, 3.8) is 0 Å². The first kappa shape index (κ1) is 15.2. The van der Waals surface area contributed by atoms with Crippen LogP contribution in [0.2, 0.25) is 0 Å². The van der Waals surface area contributed by atoms with Crippen molar-refractivity contribution in [2.75, 3.05) is 24.3 Å². The van der Waals surface area contributed by atoms with Crippen molar-refractivity contribution in [2.45, 2.75) is 24.9 Å². The smallest absolute Gasteiger partial charge is 0.313 e. The van der Waals surface area contributed by atoms with Gasteiger partial charge in [0.25, 0.3) is 0 Å². The molecule has 0 bridgehead atoms. The van der Waals surface area contributed by atoms with Gasteiger partial charge < -0.3 is 5.32 Å². The average molecular weight is 263 g/mol. The van der Waals surface area contributed by atoms with Gasteiger partial charge in [0, 0.05) is 41.1 Å². The largest absolute Gasteiger partial charge is 0.441 e. The van der Waals surface area contributed by atoms with E-state index < -0.39 is 16.3 Å². The summed E-state index contributed by atoms with van der Waals surface area (Å²) in [6.45, 7) is 2.20. The quantitative estimate of drug-likeness (QED) is 0.712. The van der Waals surface area contributed by atoms with Crippen LogP contribution in [-0.2, 0) is 10.8 Å². The summed E-state index contributed by atoms with van der Waals surface area (Å²) in [6.07, 6.45) is 2.34. The van der Waals surface area contributed by atoms with Gasteiger partial charge in [0.15, 0.2) is 0 Å². The second-order valence-corrected chi connectivity index (χ2v) is 5.93. The fourth-order valence-corrected chi connectivity index (χ4v) is 2.05. The third kappa shape index (κ3) is 12.2. The summed E-state index contributed by atoms with van der Waals surface area (Å²) in [5.74, 6) is 0.601. The van der Waals surface area contributed by atoms with Crippen molar-refractivity contribution in [1.82, 2.24) is 5.32 Å². The number of rotatable bonds is 7. The highest BCUT2D eigenvalue weighted by molar-refractivity contribution is 8.00. The Kier molecular flexibility index (Phi) is 7.64. The first-order valence-corrected chi connectivity index (χ1v) is 7.26. The van der Waals surface area contributed by atoms with Gasteiger partial charge in [0.2, 0.25) is 0 Å². The zero-order valence-corrected chi connectivity index (χ0v) is 10.4. The van der Waals surface area contributed by atoms with E-state index in [1.807, 2.05) is 6.92 Å². The molecule has 0 radical (unpaired) electrons. The van der Waals surface area contributed by atoms with E-state index in [1.165, 1.54) is 0 Å². The molecule has 0 saturated heterocycles. The Hall–Kier alpha value is 0.250. The minimum Gasteiger partial charge on any atom is -0.313 e. The first-order chi connectivity index (χ1) is 6.81. The molecule has 2 nitrogen and oxygen atoms in total. The van der Waals surface area contributed by atoms with Crippen LogP contribution in [0.25, 0.3) is 0 Å². The zero-order valence-electron chi connectivity index (χ0n) is 8.76. The normalized spacial score (nSPS) is 16.3. The van der Waals surface area contributed by atoms with Crippen LogP contribution in [0.15, 0.2) is 0 Å². The topological polar surface area (TPSA) is 29.1 Å². The van der Waals surface area contributed by atoms with Crippen molar-refractivity contribution < 1.29 is 17.4 Å². The van der Waals surface area contributed by atoms with Crippen LogP contribution in [0.1, 0.15) is 13.3 Å². The summed E-state index contributed by atoms with van der Waals surface area (Å²) in [7, 11) is -0.833. The molecule has 0 aliphatic carbocycles. The van der Waals surface area contributed by atoms with E-state index in [1.54, 1.807) is 6.26 Å². The molecule has 0 saturated carbocycles. The van der Waals surface area contributed by atoms with Gasteiger partial charge in [-0.05, 0) is 25.1 Å². The van der Waals surface area contributed by atoms with Crippen molar-refractivity contribution in [1.29, 1.82) is 0 Å². The molecular formula is C8H16F3NOS2. The van der Waals surface area contributed by atoms with Crippen LogP contribution < -0.4 is 5.32 Å². The molecule has 0 aromatic carbocycles. The molecule has 0 amide bonds. The summed E-state index contributed by atoms with van der Waals surface area (Å²) in [5, 5.41) is 2.96. The second-order valence-electron chi connectivity index (χ2n) is 3.22. The summed E-state index contributed by atoms with van der Waals surface area (Å²) < 4.78 is 45.9. The minimum absolute atomic E-state index is 0.0169. The SMILES string of the molecule is CC(CCS(C)=O)NCCSC(F)(F)F. The molecule has 0 aliphatic heterocycles. The van der Waals surface area contributed by atoms with Gasteiger partial charge in [-0.2, -0.15) is 13.2 Å². The molecule has 0 heterocycles. The van der Waals surface area contributed by atoms with Crippen molar-refractivity contribution in [3.05, 3.63) is 0 Å². The number of nitrogens with one attached hydrogen (secondary N) is 1. The maximum Gasteiger partial charge on any atom is 0.441 e. The van der Waals surface area contributed by atoms with Crippen molar-refractivity contribution in [2.24, 2.45) is 0 Å². The molecule has 0 fully saturated rings. The Morgan fingerprint density at radius 3 is 2.53 bits per heavy atom. The summed E-state index contributed by atoms with van der Waals surface area (Å²) in [5.41, 5.74) is -4.14. The van der Waals surface area contributed by atoms with E-state index in [0.29, 0.717) is 12.3 Å². The molecule has 1 N–H and O–H groups in total. The number of halogens is 3. The van der Waals surface area contributed by atoms with Gasteiger partial charge in [-0.25, -0.2) is 0 Å². The molecule has 0 rings (SSSR count). The van der Waals surface area contributed by atoms with Crippen LogP contribution in [-0.4, -0.2) is 40.1 Å². The molecule has 0 aromatic rings. The van der Waals surface area contributed by atoms with E-state index in [0.717, 1.165) is 6.42 Å². The van der Waals surface area contributed by atoms with E-state index in [-0.39, 0.29) is 23.6 Å². The summed E-state index contributed by atoms with van der Waals surface area (Å²) >= 11 is -0.0225. The number of hydrogen-bond acceptors (Lipinski definition) is 3. The molecule has 2 atom stereocenters. The van der Waals surface area contributed by atoms with Gasteiger partial charge in [-0.3, -0.25) is 4.21 Å². The van der Waals surface area contributed by atoms with E-state index in [9.17, 15) is 17.4 Å². The van der Waals surface area contributed by atoms with E-state index >= 15 is 0 Å². The Balaban J connectivity index is 3.39. The number of thioether (sulfide) groups is 1. The van der Waals surface area contributed by atoms with Crippen LogP contribution in [0, 0.1) is 0 Å². The summed E-state index contributed by atoms with van der Waals surface area (Å²) in [6, 6.07) is 0.114. The predicted octanol–water partition coefficient (Wildman–Crippen LogP) is 1.99.